The van der Waals surface area contributed by atoms with Crippen LogP contribution in [0.2, 0.25) is 20.1 Å². The summed E-state index contributed by atoms with van der Waals surface area (Å²) < 4.78 is 2.01. The van der Waals surface area contributed by atoms with Crippen LogP contribution >= 0.6 is 46.4 Å². The van der Waals surface area contributed by atoms with Crippen LogP contribution in [0.25, 0.3) is 16.9 Å². The topological polar surface area (TPSA) is 28.5 Å². The first-order valence-corrected chi connectivity index (χ1v) is 13.1. The van der Waals surface area contributed by atoms with Crippen molar-refractivity contribution in [1.29, 1.82) is 0 Å². The van der Waals surface area contributed by atoms with Crippen LogP contribution in [-0.4, -0.2) is 41.6 Å². The Morgan fingerprint density at radius 1 is 0.722 bits per heavy atom. The van der Waals surface area contributed by atoms with Crippen molar-refractivity contribution in [2.75, 3.05) is 31.1 Å². The summed E-state index contributed by atoms with van der Waals surface area (Å²) in [6, 6.07) is 22.7. The molecule has 8 heteroatoms. The number of aromatic nitrogens is 1. The van der Waals surface area contributed by atoms with Gasteiger partial charge in [0.15, 0.2) is 0 Å². The Bertz CT molecular complexity index is 1410. The van der Waals surface area contributed by atoms with Gasteiger partial charge in [0, 0.05) is 52.6 Å². The van der Waals surface area contributed by atoms with E-state index in [4.69, 9.17) is 46.4 Å². The van der Waals surface area contributed by atoms with E-state index in [0.717, 1.165) is 41.4 Å². The molecule has 1 amide bonds. The van der Waals surface area contributed by atoms with Gasteiger partial charge < -0.3 is 14.4 Å². The van der Waals surface area contributed by atoms with Crippen molar-refractivity contribution in [3.63, 3.8) is 0 Å². The van der Waals surface area contributed by atoms with Gasteiger partial charge in [-0.25, -0.2) is 0 Å². The predicted octanol–water partition coefficient (Wildman–Crippen LogP) is 8.03. The Labute approximate surface area is 230 Å². The van der Waals surface area contributed by atoms with Crippen LogP contribution in [0.3, 0.4) is 0 Å². The molecule has 1 aliphatic rings. The number of hydrogen-bond acceptors (Lipinski definition) is 2. The van der Waals surface area contributed by atoms with Crippen molar-refractivity contribution >= 4 is 58.0 Å². The molecule has 0 bridgehead atoms. The zero-order valence-electron chi connectivity index (χ0n) is 19.5. The molecule has 0 saturated carbocycles. The van der Waals surface area contributed by atoms with Crippen LogP contribution in [0.5, 0.6) is 0 Å². The minimum atomic E-state index is 0.00213. The standard InChI is InChI=1S/C28H23Cl4N3O/c1-18-24(28(36)34-14-12-33(13-15-34)23-9-6-21(30)7-10-23)17-27(19-2-4-20(29)5-3-19)35(18)26-11-8-22(31)16-25(26)32/h2-11,16-17H,12-15H2,1H3. The van der Waals surface area contributed by atoms with Crippen molar-refractivity contribution in [2.24, 2.45) is 0 Å². The Morgan fingerprint density at radius 3 is 1.92 bits per heavy atom. The van der Waals surface area contributed by atoms with E-state index in [1.807, 2.05) is 77.1 Å². The molecule has 4 aromatic rings. The molecule has 4 nitrogen and oxygen atoms in total. The monoisotopic (exact) mass is 557 g/mol. The summed E-state index contributed by atoms with van der Waals surface area (Å²) in [5.74, 6) is 0.00213. The van der Waals surface area contributed by atoms with Crippen LogP contribution in [0.1, 0.15) is 16.1 Å². The normalized spacial score (nSPS) is 13.8. The number of carbonyl (C=O) groups excluding carboxylic acids is 1. The van der Waals surface area contributed by atoms with Crippen molar-refractivity contribution in [3.05, 3.63) is 104 Å². The SMILES string of the molecule is Cc1c(C(=O)N2CCN(c3ccc(Cl)cc3)CC2)cc(-c2ccc(Cl)cc2)n1-c1ccc(Cl)cc1Cl. The lowest BCUT2D eigenvalue weighted by Crippen LogP contribution is -2.48. The number of rotatable bonds is 4. The zero-order chi connectivity index (χ0) is 25.4. The molecule has 1 saturated heterocycles. The minimum Gasteiger partial charge on any atom is -0.368 e. The Kier molecular flexibility index (Phi) is 7.23. The van der Waals surface area contributed by atoms with E-state index < -0.39 is 0 Å². The van der Waals surface area contributed by atoms with Gasteiger partial charge in [-0.3, -0.25) is 4.79 Å². The maximum atomic E-state index is 13.7. The van der Waals surface area contributed by atoms with Crippen LogP contribution in [0, 0.1) is 6.92 Å². The number of anilines is 1. The molecule has 0 spiro atoms. The average molecular weight is 559 g/mol. The number of nitrogens with zero attached hydrogens (tertiary/aromatic N) is 3. The van der Waals surface area contributed by atoms with E-state index in [0.29, 0.717) is 38.7 Å². The maximum absolute atomic E-state index is 13.7. The summed E-state index contributed by atoms with van der Waals surface area (Å²) in [6.07, 6.45) is 0. The average Bonchev–Trinajstić information content (AvgIpc) is 3.21. The Morgan fingerprint density at radius 2 is 1.31 bits per heavy atom. The van der Waals surface area contributed by atoms with E-state index in [2.05, 4.69) is 4.90 Å². The molecular formula is C28H23Cl4N3O. The first-order valence-electron chi connectivity index (χ1n) is 11.6. The molecule has 3 aromatic carbocycles. The lowest BCUT2D eigenvalue weighted by molar-refractivity contribution is 0.0746. The third-order valence-corrected chi connectivity index (χ3v) is 7.57. The summed E-state index contributed by atoms with van der Waals surface area (Å²) in [6.45, 7) is 4.70. The number of halogens is 4. The molecule has 1 fully saturated rings. The van der Waals surface area contributed by atoms with Crippen LogP contribution < -0.4 is 4.90 Å². The van der Waals surface area contributed by atoms with Crippen molar-refractivity contribution in [2.45, 2.75) is 6.92 Å². The van der Waals surface area contributed by atoms with E-state index >= 15 is 0 Å². The van der Waals surface area contributed by atoms with Gasteiger partial charge in [0.1, 0.15) is 0 Å². The number of benzene rings is 3. The highest BCUT2D eigenvalue weighted by atomic mass is 35.5. The number of amides is 1. The second kappa shape index (κ2) is 10.4. The van der Waals surface area contributed by atoms with Gasteiger partial charge in [0.05, 0.1) is 22.0 Å². The van der Waals surface area contributed by atoms with Crippen LogP contribution in [0.4, 0.5) is 5.69 Å². The minimum absolute atomic E-state index is 0.00213. The first-order chi connectivity index (χ1) is 17.3. The summed E-state index contributed by atoms with van der Waals surface area (Å²) in [5, 5.41) is 2.42. The van der Waals surface area contributed by atoms with Gasteiger partial charge >= 0.3 is 0 Å². The molecule has 1 aromatic heterocycles. The van der Waals surface area contributed by atoms with Gasteiger partial charge in [-0.15, -0.1) is 0 Å². The molecule has 184 valence electrons. The van der Waals surface area contributed by atoms with E-state index in [1.54, 1.807) is 12.1 Å². The fourth-order valence-electron chi connectivity index (χ4n) is 4.62. The van der Waals surface area contributed by atoms with Gasteiger partial charge in [-0.2, -0.15) is 0 Å². The van der Waals surface area contributed by atoms with Gasteiger partial charge in [-0.1, -0.05) is 58.5 Å². The van der Waals surface area contributed by atoms with Crippen molar-refractivity contribution in [1.82, 2.24) is 9.47 Å². The summed E-state index contributed by atoms with van der Waals surface area (Å²) in [7, 11) is 0. The molecule has 0 radical (unpaired) electrons. The quantitative estimate of drug-likeness (QED) is 0.253. The lowest BCUT2D eigenvalue weighted by Gasteiger charge is -2.36. The van der Waals surface area contributed by atoms with Gasteiger partial charge in [0.25, 0.3) is 5.91 Å². The van der Waals surface area contributed by atoms with E-state index in [-0.39, 0.29) is 5.91 Å². The third-order valence-electron chi connectivity index (χ3n) is 6.53. The highest BCUT2D eigenvalue weighted by molar-refractivity contribution is 6.35. The van der Waals surface area contributed by atoms with Crippen molar-refractivity contribution in [3.8, 4) is 16.9 Å². The first kappa shape index (κ1) is 25.0. The van der Waals surface area contributed by atoms with E-state index in [1.165, 1.54) is 0 Å². The fourth-order valence-corrected chi connectivity index (χ4v) is 5.36. The molecule has 0 atom stereocenters. The molecule has 5 rings (SSSR count). The molecule has 0 N–H and O–H groups in total. The Hall–Kier alpha value is -2.63. The zero-order valence-corrected chi connectivity index (χ0v) is 22.5. The summed E-state index contributed by atoms with van der Waals surface area (Å²) in [5.41, 5.74) is 5.11. The largest absolute Gasteiger partial charge is 0.368 e. The number of piperazine rings is 1. The van der Waals surface area contributed by atoms with Crippen molar-refractivity contribution < 1.29 is 4.79 Å². The lowest BCUT2D eigenvalue weighted by atomic mass is 10.1. The number of carbonyl (C=O) groups is 1. The van der Waals surface area contributed by atoms with Crippen LogP contribution in [-0.2, 0) is 0 Å². The highest BCUT2D eigenvalue weighted by Gasteiger charge is 2.27. The molecule has 2 heterocycles. The third kappa shape index (κ3) is 4.96. The molecule has 36 heavy (non-hydrogen) atoms. The Balaban J connectivity index is 1.48. The smallest absolute Gasteiger partial charge is 0.255 e. The second-order valence-corrected chi connectivity index (χ2v) is 10.4. The second-order valence-electron chi connectivity index (χ2n) is 8.72. The summed E-state index contributed by atoms with van der Waals surface area (Å²) >= 11 is 24.9. The number of hydrogen-bond donors (Lipinski definition) is 0. The maximum Gasteiger partial charge on any atom is 0.255 e. The fraction of sp³-hybridized carbons (Fsp3) is 0.179. The molecule has 0 unspecified atom stereocenters. The van der Waals surface area contributed by atoms with Gasteiger partial charge in [0.2, 0.25) is 0 Å². The molecule has 1 aliphatic heterocycles. The summed E-state index contributed by atoms with van der Waals surface area (Å²) in [4.78, 5) is 17.9. The molecular weight excluding hydrogens is 536 g/mol. The van der Waals surface area contributed by atoms with E-state index in [9.17, 15) is 4.79 Å². The predicted molar refractivity (Wildman–Crippen MR) is 151 cm³/mol. The van der Waals surface area contributed by atoms with Gasteiger partial charge in [-0.05, 0) is 73.2 Å². The van der Waals surface area contributed by atoms with Crippen LogP contribution in [0.15, 0.2) is 72.8 Å². The molecule has 0 aliphatic carbocycles. The highest BCUT2D eigenvalue weighted by Crippen LogP contribution is 2.35.